The van der Waals surface area contributed by atoms with Gasteiger partial charge in [0.2, 0.25) is 0 Å². The standard InChI is InChI=1S/C12H21N/c1-10(2)8-6-7-9-12(13-5)11(3)4/h6-7,9-11H,5,8H2,1-4H3/b7-6-,12-9-. The SMILES string of the molecule is C=N/C(=C\C=C/CC(C)C)C(C)C. The van der Waals surface area contributed by atoms with Gasteiger partial charge in [0, 0.05) is 5.70 Å². The molecule has 0 aromatic rings. The third kappa shape index (κ3) is 6.32. The highest BCUT2D eigenvalue weighted by atomic mass is 14.7. The van der Waals surface area contributed by atoms with E-state index in [1.165, 1.54) is 0 Å². The maximum atomic E-state index is 3.96. The van der Waals surface area contributed by atoms with E-state index in [2.05, 4.69) is 51.6 Å². The molecule has 0 atom stereocenters. The van der Waals surface area contributed by atoms with Gasteiger partial charge in [-0.25, -0.2) is 0 Å². The van der Waals surface area contributed by atoms with Gasteiger partial charge in [-0.2, -0.15) is 0 Å². The summed E-state index contributed by atoms with van der Waals surface area (Å²) in [5, 5.41) is 0. The summed E-state index contributed by atoms with van der Waals surface area (Å²) < 4.78 is 0. The highest BCUT2D eigenvalue weighted by Gasteiger charge is 1.96. The summed E-state index contributed by atoms with van der Waals surface area (Å²) in [5.74, 6) is 1.19. The number of hydrogen-bond acceptors (Lipinski definition) is 1. The van der Waals surface area contributed by atoms with Crippen LogP contribution < -0.4 is 0 Å². The van der Waals surface area contributed by atoms with Crippen molar-refractivity contribution in [2.45, 2.75) is 34.1 Å². The fraction of sp³-hybridized carbons (Fsp3) is 0.583. The summed E-state index contributed by atoms with van der Waals surface area (Å²) >= 11 is 0. The summed E-state index contributed by atoms with van der Waals surface area (Å²) in [7, 11) is 0. The molecule has 0 aromatic heterocycles. The van der Waals surface area contributed by atoms with Crippen molar-refractivity contribution >= 4 is 6.72 Å². The molecular weight excluding hydrogens is 158 g/mol. The molecule has 0 aromatic carbocycles. The van der Waals surface area contributed by atoms with Crippen LogP contribution >= 0.6 is 0 Å². The van der Waals surface area contributed by atoms with Crippen LogP contribution in [-0.2, 0) is 0 Å². The zero-order valence-electron chi connectivity index (χ0n) is 9.25. The minimum atomic E-state index is 0.459. The maximum Gasteiger partial charge on any atom is 0.0421 e. The van der Waals surface area contributed by atoms with Gasteiger partial charge >= 0.3 is 0 Å². The average Bonchev–Trinajstić information content (AvgIpc) is 2.03. The lowest BCUT2D eigenvalue weighted by Crippen LogP contribution is -1.88. The first-order valence-electron chi connectivity index (χ1n) is 4.91. The number of hydrogen-bond donors (Lipinski definition) is 0. The zero-order valence-corrected chi connectivity index (χ0v) is 9.25. The summed E-state index contributed by atoms with van der Waals surface area (Å²) in [6.07, 6.45) is 7.42. The number of allylic oxidation sites excluding steroid dienone is 4. The van der Waals surface area contributed by atoms with Crippen LogP contribution in [0.5, 0.6) is 0 Å². The Morgan fingerprint density at radius 1 is 1.31 bits per heavy atom. The number of nitrogens with zero attached hydrogens (tertiary/aromatic N) is 1. The van der Waals surface area contributed by atoms with Crippen molar-refractivity contribution in [3.8, 4) is 0 Å². The molecule has 0 spiro atoms. The van der Waals surface area contributed by atoms with Crippen LogP contribution in [0.15, 0.2) is 28.9 Å². The van der Waals surface area contributed by atoms with Gasteiger partial charge in [-0.05, 0) is 31.1 Å². The second-order valence-electron chi connectivity index (χ2n) is 3.96. The molecule has 1 heteroatoms. The molecule has 0 N–H and O–H groups in total. The lowest BCUT2D eigenvalue weighted by atomic mass is 10.1. The number of aliphatic imine (C=N–C) groups is 1. The topological polar surface area (TPSA) is 12.4 Å². The van der Waals surface area contributed by atoms with Crippen molar-refractivity contribution in [2.24, 2.45) is 16.8 Å². The molecule has 0 amide bonds. The molecule has 0 aliphatic heterocycles. The van der Waals surface area contributed by atoms with Crippen molar-refractivity contribution in [2.75, 3.05) is 0 Å². The Bertz CT molecular complexity index is 197. The normalized spacial score (nSPS) is 13.2. The smallest absolute Gasteiger partial charge is 0.0421 e. The first-order valence-corrected chi connectivity index (χ1v) is 4.91. The zero-order chi connectivity index (χ0) is 10.3. The van der Waals surface area contributed by atoms with Gasteiger partial charge in [0.25, 0.3) is 0 Å². The molecule has 0 saturated heterocycles. The lowest BCUT2D eigenvalue weighted by molar-refractivity contribution is 0.663. The van der Waals surface area contributed by atoms with Gasteiger partial charge < -0.3 is 0 Å². The van der Waals surface area contributed by atoms with Gasteiger partial charge in [0.05, 0.1) is 0 Å². The van der Waals surface area contributed by atoms with E-state index < -0.39 is 0 Å². The van der Waals surface area contributed by atoms with E-state index in [1.54, 1.807) is 0 Å². The molecule has 0 aliphatic rings. The monoisotopic (exact) mass is 179 g/mol. The molecule has 0 aliphatic carbocycles. The molecule has 13 heavy (non-hydrogen) atoms. The summed E-state index contributed by atoms with van der Waals surface area (Å²) in [4.78, 5) is 3.96. The highest BCUT2D eigenvalue weighted by molar-refractivity contribution is 5.30. The second kappa shape index (κ2) is 6.64. The van der Waals surface area contributed by atoms with E-state index in [0.717, 1.165) is 18.0 Å². The molecule has 0 radical (unpaired) electrons. The van der Waals surface area contributed by atoms with E-state index in [-0.39, 0.29) is 0 Å². The quantitative estimate of drug-likeness (QED) is 0.449. The van der Waals surface area contributed by atoms with E-state index in [0.29, 0.717) is 5.92 Å². The van der Waals surface area contributed by atoms with Crippen molar-refractivity contribution in [1.29, 1.82) is 0 Å². The largest absolute Gasteiger partial charge is 0.269 e. The summed E-state index contributed by atoms with van der Waals surface area (Å²) in [6.45, 7) is 12.2. The van der Waals surface area contributed by atoms with Crippen LogP contribution in [0.4, 0.5) is 0 Å². The first kappa shape index (κ1) is 12.2. The Labute approximate surface area is 82.3 Å². The van der Waals surface area contributed by atoms with Crippen LogP contribution in [0.25, 0.3) is 0 Å². The van der Waals surface area contributed by atoms with Crippen LogP contribution in [-0.4, -0.2) is 6.72 Å². The van der Waals surface area contributed by atoms with Gasteiger partial charge in [0.1, 0.15) is 0 Å². The lowest BCUT2D eigenvalue weighted by Gasteiger charge is -2.02. The maximum absolute atomic E-state index is 3.96. The first-order chi connectivity index (χ1) is 6.07. The van der Waals surface area contributed by atoms with E-state index >= 15 is 0 Å². The molecule has 1 nitrogen and oxygen atoms in total. The molecule has 74 valence electrons. The number of rotatable bonds is 5. The van der Waals surface area contributed by atoms with Crippen LogP contribution in [0, 0.1) is 11.8 Å². The van der Waals surface area contributed by atoms with Gasteiger partial charge in [0.15, 0.2) is 0 Å². The van der Waals surface area contributed by atoms with E-state index in [4.69, 9.17) is 0 Å². The van der Waals surface area contributed by atoms with Crippen LogP contribution in [0.1, 0.15) is 34.1 Å². The average molecular weight is 179 g/mol. The Balaban J connectivity index is 4.06. The van der Waals surface area contributed by atoms with E-state index in [9.17, 15) is 0 Å². The van der Waals surface area contributed by atoms with Gasteiger partial charge in [-0.15, -0.1) is 0 Å². The van der Waals surface area contributed by atoms with Crippen LogP contribution in [0.3, 0.4) is 0 Å². The third-order valence-electron chi connectivity index (χ3n) is 1.78. The molecule has 0 unspecified atom stereocenters. The molecule has 0 saturated carbocycles. The summed E-state index contributed by atoms with van der Waals surface area (Å²) in [6, 6.07) is 0. The van der Waals surface area contributed by atoms with Crippen molar-refractivity contribution in [1.82, 2.24) is 0 Å². The molecule has 0 heterocycles. The van der Waals surface area contributed by atoms with Gasteiger partial charge in [-0.1, -0.05) is 39.8 Å². The Morgan fingerprint density at radius 3 is 2.31 bits per heavy atom. The summed E-state index contributed by atoms with van der Waals surface area (Å²) in [5.41, 5.74) is 1.06. The van der Waals surface area contributed by atoms with Crippen molar-refractivity contribution in [3.05, 3.63) is 23.9 Å². The van der Waals surface area contributed by atoms with Crippen LogP contribution in [0.2, 0.25) is 0 Å². The molecule has 0 fully saturated rings. The molecule has 0 bridgehead atoms. The van der Waals surface area contributed by atoms with Crippen molar-refractivity contribution < 1.29 is 0 Å². The molecular formula is C12H21N. The minimum absolute atomic E-state index is 0.459. The minimum Gasteiger partial charge on any atom is -0.269 e. The fourth-order valence-electron chi connectivity index (χ4n) is 0.945. The fourth-order valence-corrected chi connectivity index (χ4v) is 0.945. The van der Waals surface area contributed by atoms with Gasteiger partial charge in [-0.3, -0.25) is 4.99 Å². The van der Waals surface area contributed by atoms with E-state index in [1.807, 2.05) is 6.08 Å². The predicted octanol–water partition coefficient (Wildman–Crippen LogP) is 3.83. The second-order valence-corrected chi connectivity index (χ2v) is 3.96. The Morgan fingerprint density at radius 2 is 1.92 bits per heavy atom. The molecule has 0 rings (SSSR count). The highest BCUT2D eigenvalue weighted by Crippen LogP contribution is 2.10. The predicted molar refractivity (Wildman–Crippen MR) is 61.1 cm³/mol. The van der Waals surface area contributed by atoms with Crippen molar-refractivity contribution in [3.63, 3.8) is 0 Å². The Hall–Kier alpha value is -0.850. The third-order valence-corrected chi connectivity index (χ3v) is 1.78. The Kier molecular flexibility index (Phi) is 6.21.